The Bertz CT molecular complexity index is 795. The first-order valence-electron chi connectivity index (χ1n) is 8.44. The Morgan fingerprint density at radius 3 is 2.64 bits per heavy atom. The first-order chi connectivity index (χ1) is 12.0. The summed E-state index contributed by atoms with van der Waals surface area (Å²) < 4.78 is 7.36. The number of carbonyl (C=O) groups is 1. The smallest absolute Gasteiger partial charge is 0.317 e. The minimum atomic E-state index is -0.0927. The molecule has 1 aromatic heterocycles. The Hall–Kier alpha value is -2.76. The van der Waals surface area contributed by atoms with E-state index < -0.39 is 0 Å². The summed E-state index contributed by atoms with van der Waals surface area (Å²) in [6, 6.07) is 13.3. The second kappa shape index (κ2) is 7.42. The summed E-state index contributed by atoms with van der Waals surface area (Å²) in [5.41, 5.74) is 1.95. The molecule has 6 heteroatoms. The van der Waals surface area contributed by atoms with Gasteiger partial charge in [-0.25, -0.2) is 4.79 Å². The third kappa shape index (κ3) is 4.21. The molecule has 132 valence electrons. The van der Waals surface area contributed by atoms with E-state index in [2.05, 4.69) is 5.32 Å². The van der Waals surface area contributed by atoms with Gasteiger partial charge in [0.15, 0.2) is 0 Å². The van der Waals surface area contributed by atoms with Crippen LogP contribution in [0.5, 0.6) is 5.75 Å². The number of rotatable bonds is 5. The molecule has 1 fully saturated rings. The molecule has 2 amide bonds. The number of urea groups is 1. The highest BCUT2D eigenvalue weighted by Crippen LogP contribution is 2.17. The largest absolute Gasteiger partial charge is 0.486 e. The second-order valence-corrected chi connectivity index (χ2v) is 6.34. The predicted molar refractivity (Wildman–Crippen MR) is 96.0 cm³/mol. The molecule has 0 radical (unpaired) electrons. The third-order valence-corrected chi connectivity index (χ3v) is 4.45. The van der Waals surface area contributed by atoms with Gasteiger partial charge in [0.1, 0.15) is 11.9 Å². The Labute approximate surface area is 147 Å². The van der Waals surface area contributed by atoms with Gasteiger partial charge in [-0.15, -0.1) is 0 Å². The summed E-state index contributed by atoms with van der Waals surface area (Å²) in [5.74, 6) is 0.565. The maximum Gasteiger partial charge on any atom is 0.317 e. The van der Waals surface area contributed by atoms with Crippen LogP contribution >= 0.6 is 0 Å². The van der Waals surface area contributed by atoms with Crippen LogP contribution in [0.1, 0.15) is 11.3 Å². The molecule has 6 nitrogen and oxygen atoms in total. The van der Waals surface area contributed by atoms with E-state index in [0.717, 1.165) is 12.1 Å². The molecule has 0 aliphatic carbocycles. The van der Waals surface area contributed by atoms with Crippen molar-refractivity contribution in [2.24, 2.45) is 7.05 Å². The average molecular weight is 341 g/mol. The van der Waals surface area contributed by atoms with E-state index in [-0.39, 0.29) is 17.7 Å². The van der Waals surface area contributed by atoms with Crippen LogP contribution < -0.4 is 15.6 Å². The fourth-order valence-corrected chi connectivity index (χ4v) is 2.75. The van der Waals surface area contributed by atoms with E-state index in [9.17, 15) is 9.59 Å². The fourth-order valence-electron chi connectivity index (χ4n) is 2.75. The molecule has 2 heterocycles. The lowest BCUT2D eigenvalue weighted by molar-refractivity contribution is 0.0443. The molecule has 25 heavy (non-hydrogen) atoms. The lowest BCUT2D eigenvalue weighted by Gasteiger charge is -2.38. The van der Waals surface area contributed by atoms with Gasteiger partial charge in [-0.2, -0.15) is 0 Å². The van der Waals surface area contributed by atoms with Crippen LogP contribution in [-0.4, -0.2) is 41.2 Å². The number of hydrogen-bond donors (Lipinski definition) is 1. The van der Waals surface area contributed by atoms with E-state index in [0.29, 0.717) is 25.4 Å². The van der Waals surface area contributed by atoms with Crippen LogP contribution in [0.25, 0.3) is 0 Å². The molecule has 0 bridgehead atoms. The summed E-state index contributed by atoms with van der Waals surface area (Å²) >= 11 is 0. The highest BCUT2D eigenvalue weighted by molar-refractivity contribution is 5.75. The number of likely N-dealkylation sites (tertiary alicyclic amines) is 1. The number of pyridine rings is 1. The van der Waals surface area contributed by atoms with E-state index in [4.69, 9.17) is 4.74 Å². The normalized spacial score (nSPS) is 14.1. The monoisotopic (exact) mass is 341 g/mol. The Morgan fingerprint density at radius 1 is 1.24 bits per heavy atom. The van der Waals surface area contributed by atoms with Gasteiger partial charge < -0.3 is 19.5 Å². The van der Waals surface area contributed by atoms with E-state index in [1.807, 2.05) is 43.3 Å². The second-order valence-electron chi connectivity index (χ2n) is 6.34. The molecule has 1 N–H and O–H groups in total. The van der Waals surface area contributed by atoms with Crippen molar-refractivity contribution in [1.29, 1.82) is 0 Å². The predicted octanol–water partition coefficient (Wildman–Crippen LogP) is 1.71. The van der Waals surface area contributed by atoms with Crippen molar-refractivity contribution in [2.45, 2.75) is 19.4 Å². The Morgan fingerprint density at radius 2 is 1.96 bits per heavy atom. The summed E-state index contributed by atoms with van der Waals surface area (Å²) in [6.45, 7) is 3.54. The average Bonchev–Trinajstić information content (AvgIpc) is 2.56. The lowest BCUT2D eigenvalue weighted by atomic mass is 10.1. The molecule has 1 aromatic carbocycles. The molecule has 1 aliphatic heterocycles. The molecule has 3 rings (SSSR count). The number of hydrogen-bond acceptors (Lipinski definition) is 3. The lowest BCUT2D eigenvalue weighted by Crippen LogP contribution is -2.59. The molecule has 0 atom stereocenters. The molecular weight excluding hydrogens is 318 g/mol. The molecule has 0 unspecified atom stereocenters. The first kappa shape index (κ1) is 17.1. The molecular formula is C19H23N3O3. The summed E-state index contributed by atoms with van der Waals surface area (Å²) in [7, 11) is 1.73. The van der Waals surface area contributed by atoms with E-state index in [1.165, 1.54) is 11.6 Å². The maximum atomic E-state index is 12.1. The van der Waals surface area contributed by atoms with Gasteiger partial charge in [0, 0.05) is 25.4 Å². The molecule has 1 aliphatic rings. The molecule has 0 saturated carbocycles. The quantitative estimate of drug-likeness (QED) is 0.900. The number of aromatic nitrogens is 1. The Kier molecular flexibility index (Phi) is 5.07. The van der Waals surface area contributed by atoms with Gasteiger partial charge >= 0.3 is 6.03 Å². The van der Waals surface area contributed by atoms with Crippen LogP contribution in [-0.2, 0) is 13.5 Å². The topological polar surface area (TPSA) is 63.6 Å². The van der Waals surface area contributed by atoms with Crippen molar-refractivity contribution in [3.63, 3.8) is 0 Å². The number of aryl methyl sites for hydroxylation is 1. The number of benzene rings is 1. The van der Waals surface area contributed by atoms with Gasteiger partial charge in [0.2, 0.25) is 0 Å². The number of nitrogens with zero attached hydrogens (tertiary/aromatic N) is 2. The van der Waals surface area contributed by atoms with Crippen molar-refractivity contribution < 1.29 is 9.53 Å². The molecule has 1 saturated heterocycles. The van der Waals surface area contributed by atoms with Crippen LogP contribution in [0.4, 0.5) is 4.79 Å². The minimum absolute atomic E-state index is 0.0635. The summed E-state index contributed by atoms with van der Waals surface area (Å²) in [5, 5.41) is 2.92. The number of carbonyl (C=O) groups excluding carboxylic acids is 1. The zero-order valence-corrected chi connectivity index (χ0v) is 14.6. The van der Waals surface area contributed by atoms with Crippen molar-refractivity contribution in [3.05, 3.63) is 64.1 Å². The fraction of sp³-hybridized carbons (Fsp3) is 0.368. The SMILES string of the molecule is Cc1cc(OC2CN(C(=O)NCCc3ccccc3)C2)cc(=O)n1C. The Balaban J connectivity index is 1.41. The van der Waals surface area contributed by atoms with Crippen molar-refractivity contribution in [1.82, 2.24) is 14.8 Å². The standard InChI is InChI=1S/C19H23N3O3/c1-14-10-16(11-18(23)21(14)2)25-17-12-22(13-17)19(24)20-9-8-15-6-4-3-5-7-15/h3-7,10-11,17H,8-9,12-13H2,1-2H3,(H,20,24). The van der Waals surface area contributed by atoms with Crippen molar-refractivity contribution in [2.75, 3.05) is 19.6 Å². The molecule has 2 aromatic rings. The van der Waals surface area contributed by atoms with Crippen LogP contribution in [0.2, 0.25) is 0 Å². The van der Waals surface area contributed by atoms with Gasteiger partial charge in [-0.1, -0.05) is 30.3 Å². The zero-order valence-electron chi connectivity index (χ0n) is 14.6. The van der Waals surface area contributed by atoms with Crippen LogP contribution in [0, 0.1) is 6.92 Å². The van der Waals surface area contributed by atoms with E-state index in [1.54, 1.807) is 16.5 Å². The van der Waals surface area contributed by atoms with Gasteiger partial charge in [-0.05, 0) is 25.0 Å². The van der Waals surface area contributed by atoms with Crippen LogP contribution in [0.15, 0.2) is 47.3 Å². The molecule has 0 spiro atoms. The first-order valence-corrected chi connectivity index (χ1v) is 8.44. The number of amides is 2. The highest BCUT2D eigenvalue weighted by atomic mass is 16.5. The van der Waals surface area contributed by atoms with Gasteiger partial charge in [0.05, 0.1) is 13.1 Å². The number of ether oxygens (including phenoxy) is 1. The minimum Gasteiger partial charge on any atom is -0.486 e. The van der Waals surface area contributed by atoms with Crippen molar-refractivity contribution in [3.8, 4) is 5.75 Å². The maximum absolute atomic E-state index is 12.1. The number of nitrogens with one attached hydrogen (secondary N) is 1. The summed E-state index contributed by atoms with van der Waals surface area (Å²) in [6.07, 6.45) is 0.749. The van der Waals surface area contributed by atoms with Crippen LogP contribution in [0.3, 0.4) is 0 Å². The third-order valence-electron chi connectivity index (χ3n) is 4.45. The zero-order chi connectivity index (χ0) is 17.8. The van der Waals surface area contributed by atoms with Gasteiger partial charge in [0.25, 0.3) is 5.56 Å². The van der Waals surface area contributed by atoms with Crippen molar-refractivity contribution >= 4 is 6.03 Å². The highest BCUT2D eigenvalue weighted by Gasteiger charge is 2.32. The van der Waals surface area contributed by atoms with Gasteiger partial charge in [-0.3, -0.25) is 4.79 Å². The van der Waals surface area contributed by atoms with E-state index >= 15 is 0 Å². The summed E-state index contributed by atoms with van der Waals surface area (Å²) in [4.78, 5) is 25.5.